The number of nitrogens with one attached hydrogen (secondary N) is 1. The van der Waals surface area contributed by atoms with Gasteiger partial charge in [0, 0.05) is 26.2 Å². The summed E-state index contributed by atoms with van der Waals surface area (Å²) < 4.78 is 19.4. The number of rotatable bonds is 2. The van der Waals surface area contributed by atoms with Crippen molar-refractivity contribution in [3.63, 3.8) is 0 Å². The SMILES string of the molecule is O=C(c1ccc(-c2ccccc2F)o1)N1C[C@H]2CNC[C@H]2C1. The van der Waals surface area contributed by atoms with E-state index in [9.17, 15) is 9.18 Å². The lowest BCUT2D eigenvalue weighted by molar-refractivity contribution is 0.0751. The Labute approximate surface area is 127 Å². The van der Waals surface area contributed by atoms with Crippen molar-refractivity contribution >= 4 is 5.91 Å². The fourth-order valence-electron chi connectivity index (χ4n) is 3.44. The summed E-state index contributed by atoms with van der Waals surface area (Å²) in [4.78, 5) is 14.4. The van der Waals surface area contributed by atoms with Crippen molar-refractivity contribution in [3.8, 4) is 11.3 Å². The number of nitrogens with zero attached hydrogens (tertiary/aromatic N) is 1. The van der Waals surface area contributed by atoms with Crippen LogP contribution in [-0.2, 0) is 0 Å². The van der Waals surface area contributed by atoms with Crippen LogP contribution in [0.4, 0.5) is 4.39 Å². The maximum absolute atomic E-state index is 13.8. The molecular formula is C17H17FN2O2. The minimum Gasteiger partial charge on any atom is -0.451 e. The zero-order valence-corrected chi connectivity index (χ0v) is 12.1. The number of halogens is 1. The first-order valence-electron chi connectivity index (χ1n) is 7.57. The van der Waals surface area contributed by atoms with E-state index < -0.39 is 0 Å². The maximum Gasteiger partial charge on any atom is 0.289 e. The molecule has 0 spiro atoms. The summed E-state index contributed by atoms with van der Waals surface area (Å²) in [6.07, 6.45) is 0. The molecule has 2 atom stereocenters. The van der Waals surface area contributed by atoms with Gasteiger partial charge in [-0.25, -0.2) is 4.39 Å². The number of furan rings is 1. The lowest BCUT2D eigenvalue weighted by Crippen LogP contribution is -2.31. The Bertz CT molecular complexity index is 700. The van der Waals surface area contributed by atoms with E-state index in [0.717, 1.165) is 26.2 Å². The van der Waals surface area contributed by atoms with Crippen LogP contribution < -0.4 is 5.32 Å². The zero-order valence-electron chi connectivity index (χ0n) is 12.1. The van der Waals surface area contributed by atoms with E-state index >= 15 is 0 Å². The summed E-state index contributed by atoms with van der Waals surface area (Å²) in [5.41, 5.74) is 0.379. The van der Waals surface area contributed by atoms with E-state index in [4.69, 9.17) is 4.42 Å². The number of likely N-dealkylation sites (tertiary alicyclic amines) is 1. The van der Waals surface area contributed by atoms with E-state index in [1.165, 1.54) is 6.07 Å². The van der Waals surface area contributed by atoms with Gasteiger partial charge in [-0.05, 0) is 36.1 Å². The van der Waals surface area contributed by atoms with Gasteiger partial charge in [0.05, 0.1) is 5.56 Å². The largest absolute Gasteiger partial charge is 0.451 e. The first kappa shape index (κ1) is 13.5. The molecule has 1 aromatic heterocycles. The van der Waals surface area contributed by atoms with E-state index in [1.54, 1.807) is 30.3 Å². The number of hydrogen-bond donors (Lipinski definition) is 1. The van der Waals surface area contributed by atoms with Crippen LogP contribution in [-0.4, -0.2) is 37.0 Å². The third-order valence-electron chi connectivity index (χ3n) is 4.63. The van der Waals surface area contributed by atoms with Gasteiger partial charge >= 0.3 is 0 Å². The molecule has 4 nitrogen and oxygen atoms in total. The second kappa shape index (κ2) is 5.25. The summed E-state index contributed by atoms with van der Waals surface area (Å²) in [6, 6.07) is 9.70. The zero-order chi connectivity index (χ0) is 15.1. The molecule has 0 bridgehead atoms. The molecule has 4 rings (SSSR count). The van der Waals surface area contributed by atoms with Gasteiger partial charge in [-0.15, -0.1) is 0 Å². The van der Waals surface area contributed by atoms with Gasteiger partial charge in [0.15, 0.2) is 5.76 Å². The van der Waals surface area contributed by atoms with Crippen molar-refractivity contribution in [3.05, 3.63) is 48.0 Å². The molecule has 2 aliphatic rings. The van der Waals surface area contributed by atoms with Gasteiger partial charge in [-0.1, -0.05) is 12.1 Å². The molecule has 2 saturated heterocycles. The molecule has 114 valence electrons. The Balaban J connectivity index is 1.54. The third kappa shape index (κ3) is 2.22. The molecule has 0 aliphatic carbocycles. The van der Waals surface area contributed by atoms with Gasteiger partial charge in [-0.2, -0.15) is 0 Å². The number of hydrogen-bond acceptors (Lipinski definition) is 3. The van der Waals surface area contributed by atoms with Crippen LogP contribution >= 0.6 is 0 Å². The Morgan fingerprint density at radius 1 is 1.14 bits per heavy atom. The predicted octanol–water partition coefficient (Wildman–Crippen LogP) is 2.38. The fourth-order valence-corrected chi connectivity index (χ4v) is 3.44. The second-order valence-corrected chi connectivity index (χ2v) is 6.03. The highest BCUT2D eigenvalue weighted by atomic mass is 19.1. The summed E-state index contributed by atoms with van der Waals surface area (Å²) in [7, 11) is 0. The number of benzene rings is 1. The number of carbonyl (C=O) groups excluding carboxylic acids is 1. The molecule has 0 unspecified atom stereocenters. The second-order valence-electron chi connectivity index (χ2n) is 6.03. The molecule has 3 heterocycles. The molecule has 5 heteroatoms. The fraction of sp³-hybridized carbons (Fsp3) is 0.353. The Kier molecular flexibility index (Phi) is 3.22. The van der Waals surface area contributed by atoms with Crippen molar-refractivity contribution in [2.75, 3.05) is 26.2 Å². The summed E-state index contributed by atoms with van der Waals surface area (Å²) in [6.45, 7) is 3.50. The lowest BCUT2D eigenvalue weighted by Gasteiger charge is -2.15. The molecule has 2 aromatic rings. The first-order chi connectivity index (χ1) is 10.7. The molecule has 2 aliphatic heterocycles. The van der Waals surface area contributed by atoms with E-state index in [2.05, 4.69) is 5.32 Å². The van der Waals surface area contributed by atoms with Crippen molar-refractivity contribution < 1.29 is 13.6 Å². The van der Waals surface area contributed by atoms with E-state index in [0.29, 0.717) is 23.2 Å². The Morgan fingerprint density at radius 3 is 2.59 bits per heavy atom. The van der Waals surface area contributed by atoms with Crippen molar-refractivity contribution in [1.29, 1.82) is 0 Å². The van der Waals surface area contributed by atoms with Crippen LogP contribution in [0.2, 0.25) is 0 Å². The van der Waals surface area contributed by atoms with E-state index in [1.807, 2.05) is 4.90 Å². The summed E-state index contributed by atoms with van der Waals surface area (Å²) in [5, 5.41) is 3.35. The molecular weight excluding hydrogens is 283 g/mol. The maximum atomic E-state index is 13.8. The van der Waals surface area contributed by atoms with Crippen LogP contribution in [0.1, 0.15) is 10.6 Å². The average molecular weight is 300 g/mol. The Hall–Kier alpha value is -2.14. The molecule has 1 N–H and O–H groups in total. The quantitative estimate of drug-likeness (QED) is 0.926. The molecule has 0 saturated carbocycles. The number of carbonyl (C=O) groups is 1. The average Bonchev–Trinajstić information content (AvgIpc) is 3.22. The third-order valence-corrected chi connectivity index (χ3v) is 4.63. The standard InChI is InChI=1S/C17H17FN2O2/c18-14-4-2-1-3-13(14)15-5-6-16(22-15)17(21)20-9-11-7-19-8-12(11)10-20/h1-6,11-12,19H,7-10H2/t11-,12+. The van der Waals surface area contributed by atoms with Gasteiger partial charge in [-0.3, -0.25) is 4.79 Å². The monoisotopic (exact) mass is 300 g/mol. The highest BCUT2D eigenvalue weighted by Crippen LogP contribution is 2.29. The van der Waals surface area contributed by atoms with Gasteiger partial charge in [0.2, 0.25) is 0 Å². The predicted molar refractivity (Wildman–Crippen MR) is 79.9 cm³/mol. The minimum atomic E-state index is -0.349. The minimum absolute atomic E-state index is 0.100. The smallest absolute Gasteiger partial charge is 0.289 e. The molecule has 1 aromatic carbocycles. The van der Waals surface area contributed by atoms with Crippen molar-refractivity contribution in [1.82, 2.24) is 10.2 Å². The van der Waals surface area contributed by atoms with Crippen LogP contribution in [0, 0.1) is 17.7 Å². The first-order valence-corrected chi connectivity index (χ1v) is 7.57. The Morgan fingerprint density at radius 2 is 1.86 bits per heavy atom. The van der Waals surface area contributed by atoms with E-state index in [-0.39, 0.29) is 17.5 Å². The molecule has 2 fully saturated rings. The highest BCUT2D eigenvalue weighted by molar-refractivity contribution is 5.92. The highest BCUT2D eigenvalue weighted by Gasteiger charge is 2.38. The topological polar surface area (TPSA) is 45.5 Å². The molecule has 0 radical (unpaired) electrons. The number of fused-ring (bicyclic) bond motifs is 1. The number of amides is 1. The normalized spacial score (nSPS) is 23.8. The molecule has 22 heavy (non-hydrogen) atoms. The lowest BCUT2D eigenvalue weighted by atomic mass is 10.0. The summed E-state index contributed by atoms with van der Waals surface area (Å²) >= 11 is 0. The van der Waals surface area contributed by atoms with Crippen LogP contribution in [0.5, 0.6) is 0 Å². The van der Waals surface area contributed by atoms with Crippen LogP contribution in [0.3, 0.4) is 0 Å². The van der Waals surface area contributed by atoms with Gasteiger partial charge in [0.1, 0.15) is 11.6 Å². The van der Waals surface area contributed by atoms with Crippen molar-refractivity contribution in [2.24, 2.45) is 11.8 Å². The van der Waals surface area contributed by atoms with Crippen molar-refractivity contribution in [2.45, 2.75) is 0 Å². The van der Waals surface area contributed by atoms with Crippen LogP contribution in [0.15, 0.2) is 40.8 Å². The van der Waals surface area contributed by atoms with Crippen LogP contribution in [0.25, 0.3) is 11.3 Å². The van der Waals surface area contributed by atoms with Gasteiger partial charge in [0.25, 0.3) is 5.91 Å². The summed E-state index contributed by atoms with van der Waals surface area (Å²) in [5.74, 6) is 1.32. The van der Waals surface area contributed by atoms with Gasteiger partial charge < -0.3 is 14.6 Å². The molecule has 1 amide bonds.